The minimum atomic E-state index is -0.431. The summed E-state index contributed by atoms with van der Waals surface area (Å²) in [5.41, 5.74) is 11.3. The number of hydrazone groups is 1. The number of imidazole rings is 2. The molecule has 2 aromatic heterocycles. The van der Waals surface area contributed by atoms with Crippen molar-refractivity contribution < 1.29 is 0 Å². The Hall–Kier alpha value is -3.17. The van der Waals surface area contributed by atoms with E-state index >= 15 is 0 Å². The van der Waals surface area contributed by atoms with Crippen LogP contribution in [0.1, 0.15) is 5.82 Å². The second kappa shape index (κ2) is 4.19. The van der Waals surface area contributed by atoms with Crippen LogP contribution in [-0.4, -0.2) is 41.7 Å². The summed E-state index contributed by atoms with van der Waals surface area (Å²) >= 11 is 0. The van der Waals surface area contributed by atoms with Crippen LogP contribution in [0.5, 0.6) is 0 Å². The van der Waals surface area contributed by atoms with E-state index in [0.29, 0.717) is 18.1 Å². The number of nitrogens with zero attached hydrogens (tertiary/aromatic N) is 6. The molecule has 2 aromatic rings. The SMILES string of the molecule is N=C(N)N(N=C1Cn2ccnc2-n2ccnc21)C(=N)N. The molecule has 0 aliphatic carbocycles. The Morgan fingerprint density at radius 2 is 1.90 bits per heavy atom. The van der Waals surface area contributed by atoms with Crippen molar-refractivity contribution in [2.45, 2.75) is 6.54 Å². The highest BCUT2D eigenvalue weighted by molar-refractivity contribution is 6.02. The maximum Gasteiger partial charge on any atom is 0.216 e. The first-order chi connectivity index (χ1) is 9.58. The van der Waals surface area contributed by atoms with Gasteiger partial charge in [0, 0.05) is 24.8 Å². The highest BCUT2D eigenvalue weighted by Crippen LogP contribution is 2.17. The van der Waals surface area contributed by atoms with E-state index in [-0.39, 0.29) is 0 Å². The van der Waals surface area contributed by atoms with E-state index in [4.69, 9.17) is 22.3 Å². The predicted molar refractivity (Wildman–Crippen MR) is 71.6 cm³/mol. The number of guanidine groups is 2. The zero-order valence-corrected chi connectivity index (χ0v) is 10.4. The highest BCUT2D eigenvalue weighted by Gasteiger charge is 2.24. The molecule has 0 fully saturated rings. The van der Waals surface area contributed by atoms with Gasteiger partial charge in [-0.3, -0.25) is 15.4 Å². The van der Waals surface area contributed by atoms with Crippen molar-refractivity contribution in [1.29, 1.82) is 10.8 Å². The standard InChI is InChI=1S/C10H12N10/c11-8(12)20(9(13)14)17-6-5-18-3-1-16-10(18)19-4-2-15-7(6)19/h1-4H,5H2,(H3,11,12)(H3,13,14). The minimum absolute atomic E-state index is 0.406. The van der Waals surface area contributed by atoms with E-state index in [0.717, 1.165) is 11.0 Å². The van der Waals surface area contributed by atoms with Gasteiger partial charge in [-0.2, -0.15) is 10.1 Å². The van der Waals surface area contributed by atoms with Crippen LogP contribution in [0, 0.1) is 10.8 Å². The van der Waals surface area contributed by atoms with Crippen LogP contribution in [0.25, 0.3) is 5.95 Å². The lowest BCUT2D eigenvalue weighted by Gasteiger charge is -2.21. The van der Waals surface area contributed by atoms with Crippen molar-refractivity contribution in [2.75, 3.05) is 0 Å². The Balaban J connectivity index is 2.09. The third-order valence-electron chi connectivity index (χ3n) is 2.81. The monoisotopic (exact) mass is 272 g/mol. The summed E-state index contributed by atoms with van der Waals surface area (Å²) in [4.78, 5) is 8.46. The fourth-order valence-corrected chi connectivity index (χ4v) is 1.99. The summed E-state index contributed by atoms with van der Waals surface area (Å²) in [7, 11) is 0. The molecule has 3 heterocycles. The van der Waals surface area contributed by atoms with Gasteiger partial charge in [0.1, 0.15) is 5.71 Å². The summed E-state index contributed by atoms with van der Waals surface area (Å²) in [6.07, 6.45) is 6.87. The van der Waals surface area contributed by atoms with E-state index in [2.05, 4.69) is 15.1 Å². The van der Waals surface area contributed by atoms with Crippen molar-refractivity contribution in [3.05, 3.63) is 30.6 Å². The molecule has 0 saturated carbocycles. The number of hydrogen-bond acceptors (Lipinski definition) is 5. The maximum atomic E-state index is 7.39. The summed E-state index contributed by atoms with van der Waals surface area (Å²) in [5.74, 6) is 0.448. The first kappa shape index (κ1) is 11.9. The summed E-state index contributed by atoms with van der Waals surface area (Å²) in [6.45, 7) is 0.406. The molecule has 20 heavy (non-hydrogen) atoms. The van der Waals surface area contributed by atoms with Gasteiger partial charge < -0.3 is 16.0 Å². The second-order valence-electron chi connectivity index (χ2n) is 4.10. The smallest absolute Gasteiger partial charge is 0.216 e. The van der Waals surface area contributed by atoms with Gasteiger partial charge >= 0.3 is 0 Å². The molecule has 102 valence electrons. The molecule has 0 amide bonds. The Morgan fingerprint density at radius 3 is 2.60 bits per heavy atom. The van der Waals surface area contributed by atoms with E-state index in [1.165, 1.54) is 0 Å². The van der Waals surface area contributed by atoms with E-state index < -0.39 is 11.9 Å². The Labute approximate surface area is 113 Å². The van der Waals surface area contributed by atoms with Gasteiger partial charge in [-0.15, -0.1) is 0 Å². The van der Waals surface area contributed by atoms with Crippen LogP contribution in [0.15, 0.2) is 29.9 Å². The molecule has 0 radical (unpaired) electrons. The third kappa shape index (κ3) is 1.70. The van der Waals surface area contributed by atoms with Gasteiger partial charge in [0.15, 0.2) is 5.82 Å². The maximum absolute atomic E-state index is 7.39. The van der Waals surface area contributed by atoms with Crippen LogP contribution in [-0.2, 0) is 6.54 Å². The van der Waals surface area contributed by atoms with Crippen molar-refractivity contribution in [1.82, 2.24) is 24.1 Å². The zero-order valence-electron chi connectivity index (χ0n) is 10.4. The van der Waals surface area contributed by atoms with Crippen molar-refractivity contribution in [3.8, 4) is 5.95 Å². The summed E-state index contributed by atoms with van der Waals surface area (Å²) < 4.78 is 3.63. The first-order valence-electron chi connectivity index (χ1n) is 5.69. The quantitative estimate of drug-likeness (QED) is 0.294. The molecule has 0 spiro atoms. The van der Waals surface area contributed by atoms with Crippen LogP contribution >= 0.6 is 0 Å². The lowest BCUT2D eigenvalue weighted by Crippen LogP contribution is -2.42. The van der Waals surface area contributed by atoms with Crippen molar-refractivity contribution in [2.24, 2.45) is 16.6 Å². The van der Waals surface area contributed by atoms with Gasteiger partial charge in [-0.25, -0.2) is 9.97 Å². The largest absolute Gasteiger partial charge is 0.368 e. The number of nitrogens with two attached hydrogens (primary N) is 2. The van der Waals surface area contributed by atoms with Gasteiger partial charge in [-0.05, 0) is 0 Å². The zero-order chi connectivity index (χ0) is 14.3. The molecule has 0 saturated heterocycles. The van der Waals surface area contributed by atoms with E-state index in [9.17, 15) is 0 Å². The second-order valence-corrected chi connectivity index (χ2v) is 4.10. The molecule has 0 unspecified atom stereocenters. The van der Waals surface area contributed by atoms with Crippen LogP contribution in [0.4, 0.5) is 0 Å². The Bertz CT molecular complexity index is 706. The summed E-state index contributed by atoms with van der Waals surface area (Å²) in [6, 6.07) is 0. The van der Waals surface area contributed by atoms with Crippen LogP contribution < -0.4 is 11.5 Å². The molecule has 1 aliphatic heterocycles. The molecule has 0 atom stereocenters. The average molecular weight is 272 g/mol. The molecule has 0 aromatic carbocycles. The third-order valence-corrected chi connectivity index (χ3v) is 2.81. The minimum Gasteiger partial charge on any atom is -0.368 e. The van der Waals surface area contributed by atoms with Crippen LogP contribution in [0.2, 0.25) is 0 Å². The number of hydrogen-bond donors (Lipinski definition) is 4. The molecule has 10 heteroatoms. The normalized spacial score (nSPS) is 14.7. The molecule has 6 N–H and O–H groups in total. The first-order valence-corrected chi connectivity index (χ1v) is 5.69. The summed E-state index contributed by atoms with van der Waals surface area (Å²) in [5, 5.41) is 19.8. The average Bonchev–Trinajstić information content (AvgIpc) is 3.01. The molecular formula is C10H12N10. The Morgan fingerprint density at radius 1 is 1.20 bits per heavy atom. The molecule has 10 nitrogen and oxygen atoms in total. The van der Waals surface area contributed by atoms with Gasteiger partial charge in [0.05, 0.1) is 6.54 Å². The van der Waals surface area contributed by atoms with Crippen molar-refractivity contribution in [3.63, 3.8) is 0 Å². The number of fused-ring (bicyclic) bond motifs is 3. The topological polar surface area (TPSA) is 151 Å². The van der Waals surface area contributed by atoms with E-state index in [1.54, 1.807) is 29.4 Å². The fourth-order valence-electron chi connectivity index (χ4n) is 1.99. The Kier molecular flexibility index (Phi) is 2.49. The number of rotatable bonds is 1. The fraction of sp³-hybridized carbons (Fsp3) is 0.100. The molecule has 3 rings (SSSR count). The lowest BCUT2D eigenvalue weighted by molar-refractivity contribution is 0.617. The molecule has 1 aliphatic rings. The van der Waals surface area contributed by atoms with Gasteiger partial charge in [0.2, 0.25) is 17.9 Å². The number of aromatic nitrogens is 4. The van der Waals surface area contributed by atoms with Crippen molar-refractivity contribution >= 4 is 17.6 Å². The van der Waals surface area contributed by atoms with Crippen LogP contribution in [0.3, 0.4) is 0 Å². The lowest BCUT2D eigenvalue weighted by atomic mass is 10.3. The highest BCUT2D eigenvalue weighted by atomic mass is 15.5. The molecular weight excluding hydrogens is 260 g/mol. The van der Waals surface area contributed by atoms with E-state index in [1.807, 2.05) is 4.57 Å². The predicted octanol–water partition coefficient (Wildman–Crippen LogP) is -1.12. The van der Waals surface area contributed by atoms with Gasteiger partial charge in [0.25, 0.3) is 0 Å². The van der Waals surface area contributed by atoms with Gasteiger partial charge in [-0.1, -0.05) is 0 Å². The molecule has 0 bridgehead atoms. The number of nitrogens with one attached hydrogen (secondary N) is 2.